The zero-order valence-corrected chi connectivity index (χ0v) is 15.4. The van der Waals surface area contributed by atoms with E-state index >= 15 is 0 Å². The molecular weight excluding hydrogens is 308 g/mol. The third-order valence-corrected chi connectivity index (χ3v) is 5.05. The fourth-order valence-electron chi connectivity index (χ4n) is 2.51. The normalized spacial score (nSPS) is 12.6. The molecule has 126 valence electrons. The average molecular weight is 334 g/mol. The first-order valence-corrected chi connectivity index (χ1v) is 9.01. The second kappa shape index (κ2) is 7.73. The summed E-state index contributed by atoms with van der Waals surface area (Å²) in [7, 11) is 0. The zero-order chi connectivity index (χ0) is 17.0. The highest BCUT2D eigenvalue weighted by Gasteiger charge is 2.19. The number of carbonyl (C=O) groups is 1. The number of aryl methyl sites for hydroxylation is 2. The number of hydrogen-bond donors (Lipinski definition) is 1. The molecule has 1 atom stereocenters. The summed E-state index contributed by atoms with van der Waals surface area (Å²) in [5, 5.41) is 4.18. The van der Waals surface area contributed by atoms with E-state index < -0.39 is 0 Å². The van der Waals surface area contributed by atoms with Gasteiger partial charge in [0.05, 0.1) is 17.2 Å². The molecule has 1 N–H and O–H groups in total. The molecule has 23 heavy (non-hydrogen) atoms. The van der Waals surface area contributed by atoms with Crippen molar-refractivity contribution < 1.29 is 4.79 Å². The first-order valence-electron chi connectivity index (χ1n) is 8.19. The Morgan fingerprint density at radius 3 is 2.78 bits per heavy atom. The molecule has 0 unspecified atom stereocenters. The summed E-state index contributed by atoms with van der Waals surface area (Å²) in [6.45, 7) is 10.8. The van der Waals surface area contributed by atoms with E-state index in [0.717, 1.165) is 34.2 Å². The Morgan fingerprint density at radius 1 is 1.39 bits per heavy atom. The van der Waals surface area contributed by atoms with Crippen LogP contribution in [0.5, 0.6) is 0 Å². The Balaban J connectivity index is 2.00. The molecule has 0 saturated heterocycles. The maximum absolute atomic E-state index is 12.5. The first kappa shape index (κ1) is 17.7. The number of rotatable bonds is 7. The molecule has 0 aliphatic rings. The summed E-state index contributed by atoms with van der Waals surface area (Å²) in [5.74, 6) is 1.24. The van der Waals surface area contributed by atoms with E-state index in [2.05, 4.69) is 36.1 Å². The maximum atomic E-state index is 12.5. The Kier molecular flexibility index (Phi) is 5.93. The molecule has 0 bridgehead atoms. The van der Waals surface area contributed by atoms with Crippen molar-refractivity contribution in [3.8, 4) is 0 Å². The molecule has 0 aromatic carbocycles. The first-order chi connectivity index (χ1) is 10.9. The molecule has 0 spiro atoms. The second-order valence-electron chi connectivity index (χ2n) is 6.11. The van der Waals surface area contributed by atoms with Crippen LogP contribution in [-0.4, -0.2) is 20.4 Å². The van der Waals surface area contributed by atoms with Crippen molar-refractivity contribution in [2.45, 2.75) is 66.0 Å². The number of nitrogens with zero attached hydrogens (tertiary/aromatic N) is 3. The zero-order valence-electron chi connectivity index (χ0n) is 14.6. The number of imidazole rings is 1. The Bertz CT molecular complexity index is 659. The number of carbonyl (C=O) groups excluding carboxylic acids is 1. The highest BCUT2D eigenvalue weighted by atomic mass is 32.1. The summed E-state index contributed by atoms with van der Waals surface area (Å²) < 4.78 is 1.95. The Labute approximate surface area is 142 Å². The van der Waals surface area contributed by atoms with E-state index in [9.17, 15) is 4.79 Å². The van der Waals surface area contributed by atoms with Gasteiger partial charge in [-0.1, -0.05) is 20.8 Å². The number of thiazole rings is 1. The maximum Gasteiger partial charge on any atom is 0.243 e. The van der Waals surface area contributed by atoms with Crippen LogP contribution in [0.4, 0.5) is 0 Å². The van der Waals surface area contributed by atoms with Crippen LogP contribution in [0.1, 0.15) is 67.5 Å². The van der Waals surface area contributed by atoms with Gasteiger partial charge in [0.1, 0.15) is 11.9 Å². The van der Waals surface area contributed by atoms with Gasteiger partial charge < -0.3 is 9.88 Å². The Morgan fingerprint density at radius 2 is 2.13 bits per heavy atom. The van der Waals surface area contributed by atoms with Crippen LogP contribution in [-0.2, 0) is 17.8 Å². The molecule has 2 aromatic rings. The number of aromatic nitrogens is 3. The lowest BCUT2D eigenvalue weighted by molar-refractivity contribution is -0.124. The predicted octanol–water partition coefficient (Wildman–Crippen LogP) is 3.60. The van der Waals surface area contributed by atoms with Crippen LogP contribution in [0, 0.1) is 6.92 Å². The van der Waals surface area contributed by atoms with Crippen molar-refractivity contribution in [1.82, 2.24) is 19.9 Å². The largest absolute Gasteiger partial charge is 0.349 e. The molecule has 2 rings (SSSR count). The minimum absolute atomic E-state index is 0.00902. The van der Waals surface area contributed by atoms with Crippen molar-refractivity contribution in [3.63, 3.8) is 0 Å². The van der Waals surface area contributed by atoms with Gasteiger partial charge in [-0.05, 0) is 26.7 Å². The van der Waals surface area contributed by atoms with E-state index in [1.807, 2.05) is 24.6 Å². The van der Waals surface area contributed by atoms with Crippen LogP contribution in [0.25, 0.3) is 0 Å². The molecule has 0 aliphatic heterocycles. The smallest absolute Gasteiger partial charge is 0.243 e. The molecule has 0 aliphatic carbocycles. The lowest BCUT2D eigenvalue weighted by atomic mass is 10.2. The number of hydrogen-bond acceptors (Lipinski definition) is 4. The van der Waals surface area contributed by atoms with E-state index in [0.29, 0.717) is 12.5 Å². The van der Waals surface area contributed by atoms with Gasteiger partial charge in [0.2, 0.25) is 5.91 Å². The van der Waals surface area contributed by atoms with Crippen molar-refractivity contribution in [1.29, 1.82) is 0 Å². The van der Waals surface area contributed by atoms with E-state index in [-0.39, 0.29) is 11.9 Å². The quantitative estimate of drug-likeness (QED) is 0.841. The topological polar surface area (TPSA) is 59.8 Å². The van der Waals surface area contributed by atoms with Crippen LogP contribution in [0.15, 0.2) is 12.4 Å². The Hall–Kier alpha value is -1.69. The van der Waals surface area contributed by atoms with Gasteiger partial charge in [0.15, 0.2) is 0 Å². The SMILES string of the molecule is CCCc1nc(C)c(CNC(=O)[C@@H](C)n2ccnc2C(C)C)s1. The molecule has 0 fully saturated rings. The highest BCUT2D eigenvalue weighted by Crippen LogP contribution is 2.20. The lowest BCUT2D eigenvalue weighted by Crippen LogP contribution is -2.31. The predicted molar refractivity (Wildman–Crippen MR) is 93.7 cm³/mol. The van der Waals surface area contributed by atoms with Crippen LogP contribution < -0.4 is 5.32 Å². The summed E-state index contributed by atoms with van der Waals surface area (Å²) >= 11 is 1.70. The van der Waals surface area contributed by atoms with E-state index in [4.69, 9.17) is 0 Å². The lowest BCUT2D eigenvalue weighted by Gasteiger charge is -2.17. The van der Waals surface area contributed by atoms with Crippen molar-refractivity contribution in [3.05, 3.63) is 33.8 Å². The van der Waals surface area contributed by atoms with Gasteiger partial charge in [-0.2, -0.15) is 0 Å². The summed E-state index contributed by atoms with van der Waals surface area (Å²) in [6, 6.07) is -0.266. The van der Waals surface area contributed by atoms with Crippen LogP contribution in [0.3, 0.4) is 0 Å². The molecule has 6 heteroatoms. The van der Waals surface area contributed by atoms with Gasteiger partial charge >= 0.3 is 0 Å². The fraction of sp³-hybridized carbons (Fsp3) is 0.588. The summed E-state index contributed by atoms with van der Waals surface area (Å²) in [6.07, 6.45) is 5.72. The van der Waals surface area contributed by atoms with Crippen molar-refractivity contribution in [2.75, 3.05) is 0 Å². The monoisotopic (exact) mass is 334 g/mol. The second-order valence-corrected chi connectivity index (χ2v) is 7.28. The van der Waals surface area contributed by atoms with Crippen LogP contribution in [0.2, 0.25) is 0 Å². The number of amides is 1. The van der Waals surface area contributed by atoms with Crippen molar-refractivity contribution in [2.24, 2.45) is 0 Å². The third-order valence-electron chi connectivity index (χ3n) is 3.84. The van der Waals surface area contributed by atoms with Gasteiger partial charge in [0.25, 0.3) is 0 Å². The average Bonchev–Trinajstić information content (AvgIpc) is 3.11. The third kappa shape index (κ3) is 4.19. The molecular formula is C17H26N4OS. The highest BCUT2D eigenvalue weighted by molar-refractivity contribution is 7.11. The van der Waals surface area contributed by atoms with E-state index in [1.165, 1.54) is 0 Å². The van der Waals surface area contributed by atoms with Gasteiger partial charge in [0, 0.05) is 23.2 Å². The van der Waals surface area contributed by atoms with Gasteiger partial charge in [-0.3, -0.25) is 4.79 Å². The molecule has 0 radical (unpaired) electrons. The molecule has 2 aromatic heterocycles. The summed E-state index contributed by atoms with van der Waals surface area (Å²) in [5.41, 5.74) is 1.02. The van der Waals surface area contributed by atoms with Crippen molar-refractivity contribution >= 4 is 17.2 Å². The summed E-state index contributed by atoms with van der Waals surface area (Å²) in [4.78, 5) is 22.5. The minimum Gasteiger partial charge on any atom is -0.349 e. The minimum atomic E-state index is -0.266. The van der Waals surface area contributed by atoms with E-state index in [1.54, 1.807) is 17.5 Å². The molecule has 1 amide bonds. The van der Waals surface area contributed by atoms with Gasteiger partial charge in [-0.25, -0.2) is 9.97 Å². The van der Waals surface area contributed by atoms with Gasteiger partial charge in [-0.15, -0.1) is 11.3 Å². The molecule has 5 nitrogen and oxygen atoms in total. The van der Waals surface area contributed by atoms with Crippen LogP contribution >= 0.6 is 11.3 Å². The molecule has 0 saturated carbocycles. The molecule has 2 heterocycles. The fourth-order valence-corrected chi connectivity index (χ4v) is 3.62. The number of nitrogens with one attached hydrogen (secondary N) is 1. The standard InChI is InChI=1S/C17H26N4OS/c1-6-7-15-20-12(4)14(23-15)10-19-17(22)13(5)21-9-8-18-16(21)11(2)3/h8-9,11,13H,6-7,10H2,1-5H3,(H,19,22)/t13-/m1/s1.